The van der Waals surface area contributed by atoms with Crippen LogP contribution in [-0.2, 0) is 11.8 Å². The van der Waals surface area contributed by atoms with E-state index in [9.17, 15) is 14.0 Å². The van der Waals surface area contributed by atoms with Crippen LogP contribution in [0.1, 0.15) is 59.6 Å². The standard InChI is InChI=1S/C29H26FNO3/c1-29(2,3)20-11-9-19(10-12-20)25-24-26(32)22-17-21(30)13-14-23(22)34-27(24)28(33)31(25)16-15-18-7-5-4-6-8-18/h4-14,17,25H,15-16H2,1-3H3. The van der Waals surface area contributed by atoms with Crippen LogP contribution in [0.3, 0.4) is 0 Å². The second kappa shape index (κ2) is 8.24. The summed E-state index contributed by atoms with van der Waals surface area (Å²) in [5.41, 5.74) is 3.18. The molecule has 0 N–H and O–H groups in total. The minimum absolute atomic E-state index is 0.0261. The molecule has 1 amide bonds. The zero-order valence-electron chi connectivity index (χ0n) is 19.5. The molecule has 0 fully saturated rings. The molecule has 0 radical (unpaired) electrons. The van der Waals surface area contributed by atoms with Gasteiger partial charge in [-0.1, -0.05) is 75.4 Å². The number of carbonyl (C=O) groups is 1. The van der Waals surface area contributed by atoms with E-state index in [0.29, 0.717) is 13.0 Å². The van der Waals surface area contributed by atoms with Gasteiger partial charge in [-0.25, -0.2) is 4.39 Å². The molecule has 1 aromatic heterocycles. The summed E-state index contributed by atoms with van der Waals surface area (Å²) in [6.07, 6.45) is 0.638. The Hall–Kier alpha value is -3.73. The lowest BCUT2D eigenvalue weighted by Gasteiger charge is -2.26. The van der Waals surface area contributed by atoms with Crippen molar-refractivity contribution in [2.24, 2.45) is 0 Å². The number of fused-ring (bicyclic) bond motifs is 2. The third-order valence-electron chi connectivity index (χ3n) is 6.50. The quantitative estimate of drug-likeness (QED) is 0.378. The predicted molar refractivity (Wildman–Crippen MR) is 131 cm³/mol. The molecule has 5 rings (SSSR count). The van der Waals surface area contributed by atoms with E-state index in [1.165, 1.54) is 18.2 Å². The van der Waals surface area contributed by atoms with Gasteiger partial charge in [0.25, 0.3) is 5.91 Å². The van der Waals surface area contributed by atoms with E-state index in [1.807, 2.05) is 54.6 Å². The minimum atomic E-state index is -0.593. The Kier molecular flexibility index (Phi) is 5.35. The van der Waals surface area contributed by atoms with Crippen molar-refractivity contribution in [2.75, 3.05) is 6.54 Å². The predicted octanol–water partition coefficient (Wildman–Crippen LogP) is 6.02. The van der Waals surface area contributed by atoms with Crippen LogP contribution < -0.4 is 5.43 Å². The zero-order valence-corrected chi connectivity index (χ0v) is 19.5. The van der Waals surface area contributed by atoms with E-state index in [-0.39, 0.29) is 39.0 Å². The van der Waals surface area contributed by atoms with Gasteiger partial charge in [-0.3, -0.25) is 9.59 Å². The van der Waals surface area contributed by atoms with Crippen LogP contribution in [0, 0.1) is 5.82 Å². The molecule has 4 aromatic rings. The van der Waals surface area contributed by atoms with Crippen molar-refractivity contribution < 1.29 is 13.6 Å². The number of hydrogen-bond donors (Lipinski definition) is 0. The molecule has 0 saturated carbocycles. The fourth-order valence-electron chi connectivity index (χ4n) is 4.63. The van der Waals surface area contributed by atoms with Crippen LogP contribution in [0.15, 0.2) is 82.0 Å². The lowest BCUT2D eigenvalue weighted by molar-refractivity contribution is 0.0730. The molecule has 2 heterocycles. The van der Waals surface area contributed by atoms with Crippen LogP contribution in [0.25, 0.3) is 11.0 Å². The Morgan fingerprint density at radius 3 is 2.32 bits per heavy atom. The molecule has 1 aliphatic heterocycles. The molecule has 4 nitrogen and oxygen atoms in total. The second-order valence-electron chi connectivity index (χ2n) is 9.82. The molecular formula is C29H26FNO3. The maximum absolute atomic E-state index is 13.9. The molecule has 1 aliphatic rings. The Labute approximate surface area is 197 Å². The fourth-order valence-corrected chi connectivity index (χ4v) is 4.63. The molecule has 1 atom stereocenters. The van der Waals surface area contributed by atoms with Gasteiger partial charge in [0.05, 0.1) is 17.0 Å². The van der Waals surface area contributed by atoms with Crippen molar-refractivity contribution in [2.45, 2.75) is 38.6 Å². The van der Waals surface area contributed by atoms with E-state index in [1.54, 1.807) is 4.90 Å². The number of halogens is 1. The van der Waals surface area contributed by atoms with Crippen LogP contribution in [0.2, 0.25) is 0 Å². The first kappa shape index (κ1) is 22.1. The highest BCUT2D eigenvalue weighted by molar-refractivity contribution is 5.99. The minimum Gasteiger partial charge on any atom is -0.450 e. The molecule has 0 aliphatic carbocycles. The summed E-state index contributed by atoms with van der Waals surface area (Å²) in [4.78, 5) is 28.8. The lowest BCUT2D eigenvalue weighted by atomic mass is 9.86. The van der Waals surface area contributed by atoms with Gasteiger partial charge < -0.3 is 9.32 Å². The third kappa shape index (κ3) is 3.81. The molecule has 34 heavy (non-hydrogen) atoms. The van der Waals surface area contributed by atoms with E-state index >= 15 is 0 Å². The van der Waals surface area contributed by atoms with Gasteiger partial charge in [0, 0.05) is 6.54 Å². The number of benzene rings is 3. The Bertz CT molecular complexity index is 1430. The summed E-state index contributed by atoms with van der Waals surface area (Å²) >= 11 is 0. The highest BCUT2D eigenvalue weighted by Gasteiger charge is 2.42. The first-order chi connectivity index (χ1) is 16.2. The molecule has 5 heteroatoms. The molecule has 0 spiro atoms. The zero-order chi connectivity index (χ0) is 24.0. The van der Waals surface area contributed by atoms with Crippen LogP contribution in [0.4, 0.5) is 4.39 Å². The maximum atomic E-state index is 13.9. The van der Waals surface area contributed by atoms with Gasteiger partial charge in [0.2, 0.25) is 5.76 Å². The first-order valence-corrected chi connectivity index (χ1v) is 11.5. The highest BCUT2D eigenvalue weighted by atomic mass is 19.1. The van der Waals surface area contributed by atoms with Gasteiger partial charge in [-0.2, -0.15) is 0 Å². The van der Waals surface area contributed by atoms with Crippen molar-refractivity contribution >= 4 is 16.9 Å². The van der Waals surface area contributed by atoms with Gasteiger partial charge in [-0.15, -0.1) is 0 Å². The van der Waals surface area contributed by atoms with Gasteiger partial charge in [-0.05, 0) is 46.7 Å². The Morgan fingerprint density at radius 1 is 0.941 bits per heavy atom. The summed E-state index contributed by atoms with van der Waals surface area (Å²) in [5.74, 6) is -0.794. The smallest absolute Gasteiger partial charge is 0.290 e. The molecule has 0 saturated heterocycles. The average Bonchev–Trinajstić information content (AvgIpc) is 3.10. The Morgan fingerprint density at radius 2 is 1.65 bits per heavy atom. The topological polar surface area (TPSA) is 50.5 Å². The summed E-state index contributed by atoms with van der Waals surface area (Å²) < 4.78 is 19.9. The second-order valence-corrected chi connectivity index (χ2v) is 9.82. The van der Waals surface area contributed by atoms with Crippen molar-refractivity contribution in [3.8, 4) is 0 Å². The van der Waals surface area contributed by atoms with Gasteiger partial charge >= 0.3 is 0 Å². The first-order valence-electron chi connectivity index (χ1n) is 11.5. The van der Waals surface area contributed by atoms with Gasteiger partial charge in [0.15, 0.2) is 5.43 Å². The summed E-state index contributed by atoms with van der Waals surface area (Å²) in [6.45, 7) is 6.83. The van der Waals surface area contributed by atoms with Crippen molar-refractivity contribution in [1.29, 1.82) is 0 Å². The lowest BCUT2D eigenvalue weighted by Crippen LogP contribution is -2.31. The normalized spacial score (nSPS) is 15.7. The molecular weight excluding hydrogens is 429 g/mol. The van der Waals surface area contributed by atoms with E-state index < -0.39 is 11.9 Å². The molecule has 3 aromatic carbocycles. The number of carbonyl (C=O) groups excluding carboxylic acids is 1. The van der Waals surface area contributed by atoms with Crippen molar-refractivity contribution in [3.63, 3.8) is 0 Å². The van der Waals surface area contributed by atoms with Crippen LogP contribution in [-0.4, -0.2) is 17.4 Å². The SMILES string of the molecule is CC(C)(C)c1ccc(C2c3c(oc4ccc(F)cc4c3=O)C(=O)N2CCc2ccccc2)cc1. The molecule has 1 unspecified atom stereocenters. The Balaban J connectivity index is 1.64. The summed E-state index contributed by atoms with van der Waals surface area (Å²) in [6, 6.07) is 21.1. The maximum Gasteiger partial charge on any atom is 0.290 e. The number of nitrogens with zero attached hydrogens (tertiary/aromatic N) is 1. The van der Waals surface area contributed by atoms with E-state index in [2.05, 4.69) is 20.8 Å². The van der Waals surface area contributed by atoms with E-state index in [4.69, 9.17) is 4.42 Å². The summed E-state index contributed by atoms with van der Waals surface area (Å²) in [7, 11) is 0. The molecule has 172 valence electrons. The number of amides is 1. The van der Waals surface area contributed by atoms with Crippen molar-refractivity contribution in [3.05, 3.63) is 117 Å². The average molecular weight is 456 g/mol. The van der Waals surface area contributed by atoms with Crippen LogP contribution in [0.5, 0.6) is 0 Å². The number of hydrogen-bond acceptors (Lipinski definition) is 3. The largest absolute Gasteiger partial charge is 0.450 e. The third-order valence-corrected chi connectivity index (χ3v) is 6.50. The molecule has 0 bridgehead atoms. The van der Waals surface area contributed by atoms with Crippen LogP contribution >= 0.6 is 0 Å². The van der Waals surface area contributed by atoms with Crippen molar-refractivity contribution in [1.82, 2.24) is 4.90 Å². The monoisotopic (exact) mass is 455 g/mol. The van der Waals surface area contributed by atoms with Gasteiger partial charge in [0.1, 0.15) is 11.4 Å². The van der Waals surface area contributed by atoms with E-state index in [0.717, 1.165) is 16.7 Å². The number of rotatable bonds is 4. The fraction of sp³-hybridized carbons (Fsp3) is 0.241. The summed E-state index contributed by atoms with van der Waals surface area (Å²) in [5, 5.41) is 0.146. The highest BCUT2D eigenvalue weighted by Crippen LogP contribution is 2.39.